The Kier molecular flexibility index (Phi) is 3.71. The summed E-state index contributed by atoms with van der Waals surface area (Å²) in [6.07, 6.45) is 5.57. The second kappa shape index (κ2) is 4.89. The summed E-state index contributed by atoms with van der Waals surface area (Å²) < 4.78 is 1.17. The van der Waals surface area contributed by atoms with Crippen molar-refractivity contribution in [2.45, 2.75) is 39.0 Å². The maximum Gasteiger partial charge on any atom is 0.0701 e. The van der Waals surface area contributed by atoms with E-state index in [1.807, 2.05) is 0 Å². The Morgan fingerprint density at radius 2 is 2.44 bits per heavy atom. The molecule has 1 aromatic heterocycles. The molecule has 1 aromatic rings. The molecule has 1 fully saturated rings. The van der Waals surface area contributed by atoms with Crippen LogP contribution in [-0.4, -0.2) is 0 Å². The van der Waals surface area contributed by atoms with Gasteiger partial charge in [-0.05, 0) is 53.2 Å². The molecule has 1 aliphatic carbocycles. The van der Waals surface area contributed by atoms with Crippen molar-refractivity contribution in [2.75, 3.05) is 0 Å². The molecule has 86 valence electrons. The quantitative estimate of drug-likeness (QED) is 0.788. The fourth-order valence-electron chi connectivity index (χ4n) is 2.67. The van der Waals surface area contributed by atoms with Crippen LogP contribution in [0.3, 0.4) is 0 Å². The number of halogens is 1. The summed E-state index contributed by atoms with van der Waals surface area (Å²) >= 11 is 5.25. The van der Waals surface area contributed by atoms with Crippen LogP contribution in [0.5, 0.6) is 0 Å². The van der Waals surface area contributed by atoms with Crippen molar-refractivity contribution in [3.05, 3.63) is 20.8 Å². The molecule has 2 unspecified atom stereocenters. The number of hydrogen-bond donors (Lipinski definition) is 0. The van der Waals surface area contributed by atoms with Gasteiger partial charge in [-0.25, -0.2) is 0 Å². The molecule has 0 bridgehead atoms. The Labute approximate surface area is 110 Å². The molecule has 0 saturated heterocycles. The van der Waals surface area contributed by atoms with Crippen molar-refractivity contribution in [3.8, 4) is 6.07 Å². The molecular weight excluding hydrogens is 282 g/mol. The Hall–Kier alpha value is -0.330. The lowest BCUT2D eigenvalue weighted by Crippen LogP contribution is -2.17. The summed E-state index contributed by atoms with van der Waals surface area (Å²) in [5, 5.41) is 9.44. The topological polar surface area (TPSA) is 23.8 Å². The highest BCUT2D eigenvalue weighted by atomic mass is 79.9. The average Bonchev–Trinajstić information content (AvgIpc) is 2.87. The van der Waals surface area contributed by atoms with E-state index in [0.717, 1.165) is 25.2 Å². The van der Waals surface area contributed by atoms with Gasteiger partial charge in [0.05, 0.1) is 15.3 Å². The van der Waals surface area contributed by atoms with Gasteiger partial charge < -0.3 is 0 Å². The number of hydrogen-bond acceptors (Lipinski definition) is 2. The van der Waals surface area contributed by atoms with Crippen molar-refractivity contribution < 1.29 is 0 Å². The summed E-state index contributed by atoms with van der Waals surface area (Å²) in [4.78, 5) is 1.34. The SMILES string of the molecule is CCC1CCC(C#N)(Cc2ccc(Br)s2)C1. The van der Waals surface area contributed by atoms with Crippen molar-refractivity contribution in [1.82, 2.24) is 0 Å². The molecule has 1 nitrogen and oxygen atoms in total. The molecule has 16 heavy (non-hydrogen) atoms. The average molecular weight is 298 g/mol. The maximum atomic E-state index is 9.44. The van der Waals surface area contributed by atoms with Gasteiger partial charge >= 0.3 is 0 Å². The predicted molar refractivity (Wildman–Crippen MR) is 71.4 cm³/mol. The van der Waals surface area contributed by atoms with Gasteiger partial charge in [0.15, 0.2) is 0 Å². The highest BCUT2D eigenvalue weighted by molar-refractivity contribution is 9.11. The van der Waals surface area contributed by atoms with Crippen LogP contribution in [0.25, 0.3) is 0 Å². The highest BCUT2D eigenvalue weighted by Gasteiger charge is 2.38. The second-order valence-electron chi connectivity index (χ2n) is 4.79. The van der Waals surface area contributed by atoms with E-state index in [1.54, 1.807) is 11.3 Å². The molecule has 0 radical (unpaired) electrons. The maximum absolute atomic E-state index is 9.44. The molecule has 0 spiro atoms. The van der Waals surface area contributed by atoms with E-state index < -0.39 is 0 Å². The number of rotatable bonds is 3. The molecular formula is C13H16BrNS. The van der Waals surface area contributed by atoms with Crippen LogP contribution in [0.1, 0.15) is 37.5 Å². The molecule has 3 heteroatoms. The highest BCUT2D eigenvalue weighted by Crippen LogP contribution is 2.45. The summed E-state index contributed by atoms with van der Waals surface area (Å²) in [6, 6.07) is 6.82. The normalized spacial score (nSPS) is 29.2. The lowest BCUT2D eigenvalue weighted by molar-refractivity contribution is 0.383. The van der Waals surface area contributed by atoms with Crippen LogP contribution >= 0.6 is 27.3 Å². The third-order valence-electron chi connectivity index (χ3n) is 3.67. The number of nitrogens with zero attached hydrogens (tertiary/aromatic N) is 1. The summed E-state index contributed by atoms with van der Waals surface area (Å²) in [5.41, 5.74) is -0.0784. The van der Waals surface area contributed by atoms with Gasteiger partial charge in [-0.1, -0.05) is 13.3 Å². The first-order chi connectivity index (χ1) is 7.67. The van der Waals surface area contributed by atoms with Crippen molar-refractivity contribution in [3.63, 3.8) is 0 Å². The van der Waals surface area contributed by atoms with Gasteiger partial charge in [0.2, 0.25) is 0 Å². The Morgan fingerprint density at radius 1 is 1.62 bits per heavy atom. The van der Waals surface area contributed by atoms with Crippen molar-refractivity contribution >= 4 is 27.3 Å². The van der Waals surface area contributed by atoms with Gasteiger partial charge in [-0.15, -0.1) is 11.3 Å². The molecule has 0 N–H and O–H groups in total. The Balaban J connectivity index is 2.09. The Bertz CT molecular complexity index is 406. The fourth-order valence-corrected chi connectivity index (χ4v) is 4.29. The number of thiophene rings is 1. The monoisotopic (exact) mass is 297 g/mol. The summed E-state index contributed by atoms with van der Waals surface area (Å²) in [7, 11) is 0. The first-order valence-corrected chi connectivity index (χ1v) is 7.44. The number of nitriles is 1. The lowest BCUT2D eigenvalue weighted by Gasteiger charge is -2.19. The molecule has 2 atom stereocenters. The second-order valence-corrected chi connectivity index (χ2v) is 7.34. The zero-order chi connectivity index (χ0) is 11.6. The minimum Gasteiger partial charge on any atom is -0.198 e. The minimum absolute atomic E-state index is 0.0784. The predicted octanol–water partition coefficient (Wildman–Crippen LogP) is 4.77. The molecule has 1 heterocycles. The third-order valence-corrected chi connectivity index (χ3v) is 5.29. The molecule has 2 rings (SSSR count). The summed E-state index contributed by atoms with van der Waals surface area (Å²) in [5.74, 6) is 0.767. The van der Waals surface area contributed by atoms with E-state index in [0.29, 0.717) is 0 Å². The van der Waals surface area contributed by atoms with Gasteiger partial charge in [0.1, 0.15) is 0 Å². The minimum atomic E-state index is -0.0784. The van der Waals surface area contributed by atoms with Crippen LogP contribution < -0.4 is 0 Å². The van der Waals surface area contributed by atoms with E-state index in [1.165, 1.54) is 21.5 Å². The third kappa shape index (κ3) is 2.49. The molecule has 1 saturated carbocycles. The molecule has 0 amide bonds. The van der Waals surface area contributed by atoms with E-state index >= 15 is 0 Å². The first-order valence-electron chi connectivity index (χ1n) is 5.83. The van der Waals surface area contributed by atoms with Gasteiger partial charge in [-0.2, -0.15) is 5.26 Å². The lowest BCUT2D eigenvalue weighted by atomic mass is 9.82. The van der Waals surface area contributed by atoms with E-state index in [4.69, 9.17) is 0 Å². The largest absolute Gasteiger partial charge is 0.198 e. The fraction of sp³-hybridized carbons (Fsp3) is 0.615. The van der Waals surface area contributed by atoms with Crippen LogP contribution in [0, 0.1) is 22.7 Å². The van der Waals surface area contributed by atoms with E-state index in [2.05, 4.69) is 41.1 Å². The summed E-state index contributed by atoms with van der Waals surface area (Å²) in [6.45, 7) is 2.24. The van der Waals surface area contributed by atoms with Crippen LogP contribution in [0.2, 0.25) is 0 Å². The Morgan fingerprint density at radius 3 is 2.94 bits per heavy atom. The van der Waals surface area contributed by atoms with E-state index in [-0.39, 0.29) is 5.41 Å². The molecule has 0 aromatic carbocycles. The van der Waals surface area contributed by atoms with E-state index in [9.17, 15) is 5.26 Å². The first kappa shape index (κ1) is 12.1. The van der Waals surface area contributed by atoms with Gasteiger partial charge in [0, 0.05) is 11.3 Å². The molecule has 1 aliphatic rings. The van der Waals surface area contributed by atoms with Crippen molar-refractivity contribution in [2.24, 2.45) is 11.3 Å². The standard InChI is InChI=1S/C13H16BrNS/c1-2-10-5-6-13(7-10,9-15)8-11-3-4-12(14)16-11/h3-4,10H,2,5-8H2,1H3. The van der Waals surface area contributed by atoms with Gasteiger partial charge in [0.25, 0.3) is 0 Å². The van der Waals surface area contributed by atoms with Gasteiger partial charge in [-0.3, -0.25) is 0 Å². The van der Waals surface area contributed by atoms with Crippen LogP contribution in [0.4, 0.5) is 0 Å². The van der Waals surface area contributed by atoms with Crippen molar-refractivity contribution in [1.29, 1.82) is 5.26 Å². The zero-order valence-electron chi connectivity index (χ0n) is 9.50. The van der Waals surface area contributed by atoms with Crippen LogP contribution in [0.15, 0.2) is 15.9 Å². The smallest absolute Gasteiger partial charge is 0.0701 e. The molecule has 0 aliphatic heterocycles. The van der Waals surface area contributed by atoms with Crippen LogP contribution in [-0.2, 0) is 6.42 Å². The zero-order valence-corrected chi connectivity index (χ0v) is 11.9.